The minimum atomic E-state index is -0.606. The van der Waals surface area contributed by atoms with Crippen LogP contribution in [0.4, 0.5) is 0 Å². The number of likely N-dealkylation sites (N-methyl/N-ethyl adjacent to an activating group) is 1. The van der Waals surface area contributed by atoms with E-state index in [9.17, 15) is 5.11 Å². The Labute approximate surface area is 163 Å². The van der Waals surface area contributed by atoms with E-state index in [2.05, 4.69) is 54.3 Å². The third kappa shape index (κ3) is 3.69. The largest absolute Gasteiger partial charge is 0.377 e. The lowest BCUT2D eigenvalue weighted by Gasteiger charge is -2.43. The Balaban J connectivity index is 1.55. The lowest BCUT2D eigenvalue weighted by Crippen LogP contribution is -2.55. The van der Waals surface area contributed by atoms with E-state index >= 15 is 0 Å². The molecule has 6 atom stereocenters. The first-order chi connectivity index (χ1) is 13.2. The summed E-state index contributed by atoms with van der Waals surface area (Å²) in [5, 5.41) is 11.2. The maximum absolute atomic E-state index is 11.2. The van der Waals surface area contributed by atoms with Gasteiger partial charge in [0.05, 0.1) is 0 Å². The van der Waals surface area contributed by atoms with Crippen LogP contribution in [0.3, 0.4) is 0 Å². The van der Waals surface area contributed by atoms with Gasteiger partial charge in [-0.3, -0.25) is 4.90 Å². The molecule has 2 bridgehead atoms. The van der Waals surface area contributed by atoms with E-state index in [1.54, 1.807) is 0 Å². The SMILES string of the molecule is CCN(C1C2CCC(C2)C1c1ccccc1)C(O)[C@@H](N)Cc1ccccc1. The monoisotopic (exact) mass is 364 g/mol. The highest BCUT2D eigenvalue weighted by Gasteiger charge is 2.51. The maximum Gasteiger partial charge on any atom is 0.123 e. The van der Waals surface area contributed by atoms with E-state index in [4.69, 9.17) is 5.73 Å². The van der Waals surface area contributed by atoms with Gasteiger partial charge in [0.25, 0.3) is 0 Å². The van der Waals surface area contributed by atoms with Gasteiger partial charge < -0.3 is 10.8 Å². The van der Waals surface area contributed by atoms with Crippen molar-refractivity contribution in [3.63, 3.8) is 0 Å². The molecular formula is C24H32N2O. The van der Waals surface area contributed by atoms with Crippen LogP contribution in [0.5, 0.6) is 0 Å². The molecule has 4 rings (SSSR count). The first-order valence-electron chi connectivity index (χ1n) is 10.5. The fourth-order valence-corrected chi connectivity index (χ4v) is 5.69. The van der Waals surface area contributed by atoms with Gasteiger partial charge in [-0.05, 0) is 55.2 Å². The predicted octanol–water partition coefficient (Wildman–Crippen LogP) is 3.78. The summed E-state index contributed by atoms with van der Waals surface area (Å²) in [6.07, 6.45) is 4.00. The van der Waals surface area contributed by atoms with Crippen LogP contribution in [0, 0.1) is 11.8 Å². The summed E-state index contributed by atoms with van der Waals surface area (Å²) >= 11 is 0. The molecule has 5 unspecified atom stereocenters. The Morgan fingerprint density at radius 2 is 1.63 bits per heavy atom. The van der Waals surface area contributed by atoms with E-state index < -0.39 is 6.23 Å². The van der Waals surface area contributed by atoms with Crippen molar-refractivity contribution in [2.75, 3.05) is 6.54 Å². The summed E-state index contributed by atoms with van der Waals surface area (Å²) in [5.41, 5.74) is 9.10. The molecule has 144 valence electrons. The molecule has 0 aromatic heterocycles. The molecule has 2 saturated carbocycles. The second kappa shape index (κ2) is 8.14. The van der Waals surface area contributed by atoms with E-state index in [1.165, 1.54) is 30.4 Å². The van der Waals surface area contributed by atoms with Gasteiger partial charge >= 0.3 is 0 Å². The molecule has 3 heteroatoms. The van der Waals surface area contributed by atoms with E-state index in [0.29, 0.717) is 24.3 Å². The van der Waals surface area contributed by atoms with Crippen molar-refractivity contribution in [3.8, 4) is 0 Å². The zero-order chi connectivity index (χ0) is 18.8. The van der Waals surface area contributed by atoms with E-state index in [1.807, 2.05) is 18.2 Å². The smallest absolute Gasteiger partial charge is 0.123 e. The Morgan fingerprint density at radius 3 is 2.30 bits per heavy atom. The second-order valence-corrected chi connectivity index (χ2v) is 8.36. The van der Waals surface area contributed by atoms with Gasteiger partial charge in [0, 0.05) is 18.0 Å². The molecule has 2 aromatic carbocycles. The maximum atomic E-state index is 11.2. The average molecular weight is 365 g/mol. The first-order valence-corrected chi connectivity index (χ1v) is 10.5. The first kappa shape index (κ1) is 18.7. The number of aliphatic hydroxyl groups is 1. The minimum Gasteiger partial charge on any atom is -0.377 e. The molecule has 0 amide bonds. The molecule has 2 aromatic rings. The molecule has 0 heterocycles. The predicted molar refractivity (Wildman–Crippen MR) is 110 cm³/mol. The number of fused-ring (bicyclic) bond motifs is 2. The van der Waals surface area contributed by atoms with Gasteiger partial charge in [0.1, 0.15) is 6.23 Å². The van der Waals surface area contributed by atoms with Crippen molar-refractivity contribution in [2.24, 2.45) is 17.6 Å². The average Bonchev–Trinajstić information content (AvgIpc) is 3.32. The number of hydrogen-bond donors (Lipinski definition) is 2. The quantitative estimate of drug-likeness (QED) is 0.735. The molecule has 0 spiro atoms. The highest BCUT2D eigenvalue weighted by Crippen LogP contribution is 2.55. The van der Waals surface area contributed by atoms with Crippen LogP contribution < -0.4 is 5.73 Å². The number of benzene rings is 2. The topological polar surface area (TPSA) is 49.5 Å². The summed E-state index contributed by atoms with van der Waals surface area (Å²) in [7, 11) is 0. The van der Waals surface area contributed by atoms with Crippen LogP contribution in [0.25, 0.3) is 0 Å². The van der Waals surface area contributed by atoms with Crippen molar-refractivity contribution in [2.45, 2.75) is 56.8 Å². The number of hydrogen-bond acceptors (Lipinski definition) is 3. The van der Waals surface area contributed by atoms with Crippen LogP contribution in [-0.2, 0) is 6.42 Å². The van der Waals surface area contributed by atoms with Crippen molar-refractivity contribution in [1.82, 2.24) is 4.90 Å². The molecule has 2 aliphatic carbocycles. The molecule has 2 fully saturated rings. The molecule has 27 heavy (non-hydrogen) atoms. The third-order valence-corrected chi connectivity index (χ3v) is 6.84. The number of nitrogens with zero attached hydrogens (tertiary/aromatic N) is 1. The summed E-state index contributed by atoms with van der Waals surface area (Å²) in [5.74, 6) is 1.94. The van der Waals surface area contributed by atoms with Crippen molar-refractivity contribution in [1.29, 1.82) is 0 Å². The summed E-state index contributed by atoms with van der Waals surface area (Å²) in [6, 6.07) is 21.3. The fourth-order valence-electron chi connectivity index (χ4n) is 5.69. The highest BCUT2D eigenvalue weighted by atomic mass is 16.3. The van der Waals surface area contributed by atoms with Crippen LogP contribution >= 0.6 is 0 Å². The van der Waals surface area contributed by atoms with Gasteiger partial charge in [-0.1, -0.05) is 67.6 Å². The molecule has 3 N–H and O–H groups in total. The summed E-state index contributed by atoms with van der Waals surface area (Å²) in [4.78, 5) is 2.30. The molecule has 3 nitrogen and oxygen atoms in total. The van der Waals surface area contributed by atoms with E-state index in [0.717, 1.165) is 12.5 Å². The van der Waals surface area contributed by atoms with Crippen LogP contribution in [0.2, 0.25) is 0 Å². The van der Waals surface area contributed by atoms with Crippen LogP contribution in [-0.4, -0.2) is 34.9 Å². The standard InChI is InChI=1S/C24H32N2O/c1-2-26(24(27)21(25)15-17-9-5-3-6-10-17)23-20-14-13-19(16-20)22(23)18-11-7-4-8-12-18/h3-12,19-24,27H,2,13-16,25H2,1H3/t19?,20?,21-,22?,23?,24?/m0/s1. The Bertz CT molecular complexity index is 720. The molecule has 0 radical (unpaired) electrons. The Hall–Kier alpha value is -1.68. The normalized spacial score (nSPS) is 29.2. The van der Waals surface area contributed by atoms with Crippen molar-refractivity contribution >= 4 is 0 Å². The zero-order valence-corrected chi connectivity index (χ0v) is 16.2. The third-order valence-electron chi connectivity index (χ3n) is 6.84. The van der Waals surface area contributed by atoms with Crippen LogP contribution in [0.1, 0.15) is 43.2 Å². The van der Waals surface area contributed by atoms with Gasteiger partial charge in [-0.2, -0.15) is 0 Å². The minimum absolute atomic E-state index is 0.275. The lowest BCUT2D eigenvalue weighted by atomic mass is 9.78. The summed E-state index contributed by atoms with van der Waals surface area (Å²) in [6.45, 7) is 2.99. The Morgan fingerprint density at radius 1 is 1.00 bits per heavy atom. The van der Waals surface area contributed by atoms with E-state index in [-0.39, 0.29) is 6.04 Å². The van der Waals surface area contributed by atoms with Crippen molar-refractivity contribution < 1.29 is 5.11 Å². The molecule has 0 saturated heterocycles. The highest BCUT2D eigenvalue weighted by molar-refractivity contribution is 5.26. The molecule has 0 aliphatic heterocycles. The van der Waals surface area contributed by atoms with Gasteiger partial charge in [-0.15, -0.1) is 0 Å². The van der Waals surface area contributed by atoms with Gasteiger partial charge in [0.2, 0.25) is 0 Å². The Kier molecular flexibility index (Phi) is 5.63. The number of aliphatic hydroxyl groups excluding tert-OH is 1. The lowest BCUT2D eigenvalue weighted by molar-refractivity contribution is -0.0564. The van der Waals surface area contributed by atoms with Gasteiger partial charge in [-0.25, -0.2) is 0 Å². The fraction of sp³-hybridized carbons (Fsp3) is 0.500. The molecule has 2 aliphatic rings. The second-order valence-electron chi connectivity index (χ2n) is 8.36. The number of nitrogens with two attached hydrogens (primary N) is 1. The molecular weight excluding hydrogens is 332 g/mol. The van der Waals surface area contributed by atoms with Crippen LogP contribution in [0.15, 0.2) is 60.7 Å². The summed E-state index contributed by atoms with van der Waals surface area (Å²) < 4.78 is 0. The van der Waals surface area contributed by atoms with Crippen molar-refractivity contribution in [3.05, 3.63) is 71.8 Å². The zero-order valence-electron chi connectivity index (χ0n) is 16.2. The van der Waals surface area contributed by atoms with Gasteiger partial charge in [0.15, 0.2) is 0 Å². The number of rotatable bonds is 7.